The molecule has 1 N–H and O–H groups in total. The molecule has 1 aliphatic rings. The third-order valence-corrected chi connectivity index (χ3v) is 3.64. The Morgan fingerprint density at radius 2 is 1.95 bits per heavy atom. The second-order valence-electron chi connectivity index (χ2n) is 5.02. The van der Waals surface area contributed by atoms with E-state index < -0.39 is 11.6 Å². The molecule has 0 heterocycles. The van der Waals surface area contributed by atoms with Crippen molar-refractivity contribution in [1.29, 1.82) is 0 Å². The highest BCUT2D eigenvalue weighted by molar-refractivity contribution is 5.18. The fraction of sp³-hybridized carbons (Fsp3) is 0.600. The number of benzene rings is 1. The first-order chi connectivity index (χ1) is 9.63. The van der Waals surface area contributed by atoms with Crippen LogP contribution in [0.25, 0.3) is 0 Å². The van der Waals surface area contributed by atoms with E-state index in [1.807, 2.05) is 6.92 Å². The highest BCUT2D eigenvalue weighted by Crippen LogP contribution is 2.26. The van der Waals surface area contributed by atoms with Crippen molar-refractivity contribution >= 4 is 0 Å². The Bertz CT molecular complexity index is 422. The first kappa shape index (κ1) is 15.4. The van der Waals surface area contributed by atoms with Crippen LogP contribution in [0.3, 0.4) is 0 Å². The van der Waals surface area contributed by atoms with Crippen molar-refractivity contribution in [1.82, 2.24) is 5.32 Å². The molecule has 20 heavy (non-hydrogen) atoms. The zero-order valence-electron chi connectivity index (χ0n) is 11.9. The standard InChI is InChI=1S/C15H21F2NO2/c1-3-20-14-9-13(15(14)19-2)18-5-4-10-6-11(16)8-12(17)7-10/h6-8,13-15,18H,3-5,9H2,1-2H3. The number of hydrogen-bond donors (Lipinski definition) is 1. The Hall–Kier alpha value is -1.04. The minimum atomic E-state index is -0.533. The van der Waals surface area contributed by atoms with Crippen LogP contribution in [0.4, 0.5) is 8.78 Å². The van der Waals surface area contributed by atoms with E-state index in [-0.39, 0.29) is 18.2 Å². The van der Waals surface area contributed by atoms with Gasteiger partial charge in [0.25, 0.3) is 0 Å². The minimum Gasteiger partial charge on any atom is -0.377 e. The van der Waals surface area contributed by atoms with E-state index in [1.54, 1.807) is 7.11 Å². The van der Waals surface area contributed by atoms with Gasteiger partial charge in [0.2, 0.25) is 0 Å². The highest BCUT2D eigenvalue weighted by Gasteiger charge is 2.41. The van der Waals surface area contributed by atoms with Gasteiger partial charge in [-0.05, 0) is 44.0 Å². The third-order valence-electron chi connectivity index (χ3n) is 3.64. The van der Waals surface area contributed by atoms with E-state index in [1.165, 1.54) is 12.1 Å². The average molecular weight is 285 g/mol. The summed E-state index contributed by atoms with van der Waals surface area (Å²) in [7, 11) is 1.67. The summed E-state index contributed by atoms with van der Waals surface area (Å²) >= 11 is 0. The van der Waals surface area contributed by atoms with Gasteiger partial charge in [0.1, 0.15) is 11.6 Å². The van der Waals surface area contributed by atoms with Crippen LogP contribution in [0.15, 0.2) is 18.2 Å². The highest BCUT2D eigenvalue weighted by atomic mass is 19.1. The maximum atomic E-state index is 13.0. The molecular weight excluding hydrogens is 264 g/mol. The van der Waals surface area contributed by atoms with Gasteiger partial charge >= 0.3 is 0 Å². The molecule has 0 aliphatic heterocycles. The van der Waals surface area contributed by atoms with Crippen LogP contribution in [0.5, 0.6) is 0 Å². The summed E-state index contributed by atoms with van der Waals surface area (Å²) < 4.78 is 37.0. The van der Waals surface area contributed by atoms with E-state index in [4.69, 9.17) is 9.47 Å². The van der Waals surface area contributed by atoms with Crippen molar-refractivity contribution < 1.29 is 18.3 Å². The molecule has 1 aromatic rings. The Morgan fingerprint density at radius 1 is 1.25 bits per heavy atom. The molecule has 1 aliphatic carbocycles. The van der Waals surface area contributed by atoms with Gasteiger partial charge in [0.15, 0.2) is 0 Å². The maximum absolute atomic E-state index is 13.0. The van der Waals surface area contributed by atoms with Crippen LogP contribution in [0, 0.1) is 11.6 Å². The molecule has 0 spiro atoms. The number of nitrogens with one attached hydrogen (secondary N) is 1. The van der Waals surface area contributed by atoms with E-state index in [9.17, 15) is 8.78 Å². The second-order valence-corrected chi connectivity index (χ2v) is 5.02. The van der Waals surface area contributed by atoms with Crippen molar-refractivity contribution in [2.24, 2.45) is 0 Å². The number of ether oxygens (including phenoxy) is 2. The van der Waals surface area contributed by atoms with Crippen molar-refractivity contribution in [2.45, 2.75) is 38.0 Å². The molecule has 2 rings (SSSR count). The van der Waals surface area contributed by atoms with E-state index in [0.717, 1.165) is 12.5 Å². The van der Waals surface area contributed by atoms with Crippen molar-refractivity contribution in [2.75, 3.05) is 20.3 Å². The molecule has 1 fully saturated rings. The van der Waals surface area contributed by atoms with E-state index >= 15 is 0 Å². The van der Waals surface area contributed by atoms with Crippen LogP contribution >= 0.6 is 0 Å². The topological polar surface area (TPSA) is 30.5 Å². The smallest absolute Gasteiger partial charge is 0.126 e. The van der Waals surface area contributed by atoms with E-state index in [0.29, 0.717) is 25.1 Å². The van der Waals surface area contributed by atoms with Gasteiger partial charge in [-0.15, -0.1) is 0 Å². The summed E-state index contributed by atoms with van der Waals surface area (Å²) in [6.45, 7) is 3.30. The molecule has 0 aromatic heterocycles. The monoisotopic (exact) mass is 285 g/mol. The quantitative estimate of drug-likeness (QED) is 0.834. The third kappa shape index (κ3) is 3.75. The summed E-state index contributed by atoms with van der Waals surface area (Å²) in [5.41, 5.74) is 0.657. The van der Waals surface area contributed by atoms with Crippen LogP contribution in [-0.4, -0.2) is 38.5 Å². The summed E-state index contributed by atoms with van der Waals surface area (Å²) in [5, 5.41) is 3.35. The predicted octanol–water partition coefficient (Wildman–Crippen LogP) is 2.29. The van der Waals surface area contributed by atoms with Crippen molar-refractivity contribution in [3.05, 3.63) is 35.4 Å². The molecular formula is C15H21F2NO2. The number of halogens is 2. The first-order valence-corrected chi connectivity index (χ1v) is 6.96. The van der Waals surface area contributed by atoms with Crippen LogP contribution in [0.1, 0.15) is 18.9 Å². The fourth-order valence-corrected chi connectivity index (χ4v) is 2.63. The molecule has 3 nitrogen and oxygen atoms in total. The molecule has 1 saturated carbocycles. The summed E-state index contributed by atoms with van der Waals surface area (Å²) in [6.07, 6.45) is 1.69. The zero-order chi connectivity index (χ0) is 14.5. The van der Waals surface area contributed by atoms with Gasteiger partial charge in [0, 0.05) is 25.8 Å². The fourth-order valence-electron chi connectivity index (χ4n) is 2.63. The van der Waals surface area contributed by atoms with Gasteiger partial charge in [-0.3, -0.25) is 0 Å². The Morgan fingerprint density at radius 3 is 2.55 bits per heavy atom. The van der Waals surface area contributed by atoms with Crippen molar-refractivity contribution in [3.63, 3.8) is 0 Å². The van der Waals surface area contributed by atoms with E-state index in [2.05, 4.69) is 5.32 Å². The van der Waals surface area contributed by atoms with Gasteiger partial charge in [0.05, 0.1) is 12.2 Å². The molecule has 0 saturated heterocycles. The summed E-state index contributed by atoms with van der Waals surface area (Å²) in [4.78, 5) is 0. The van der Waals surface area contributed by atoms with Gasteiger partial charge in [-0.25, -0.2) is 8.78 Å². The lowest BCUT2D eigenvalue weighted by Gasteiger charge is -2.43. The lowest BCUT2D eigenvalue weighted by atomic mass is 9.85. The molecule has 1 aromatic carbocycles. The normalized spacial score (nSPS) is 25.5. The summed E-state index contributed by atoms with van der Waals surface area (Å²) in [5.74, 6) is -1.07. The molecule has 5 heteroatoms. The molecule has 0 radical (unpaired) electrons. The lowest BCUT2D eigenvalue weighted by molar-refractivity contribution is -0.131. The number of methoxy groups -OCH3 is 1. The molecule has 0 bridgehead atoms. The first-order valence-electron chi connectivity index (χ1n) is 6.96. The second kappa shape index (κ2) is 7.11. The molecule has 3 unspecified atom stereocenters. The van der Waals surface area contributed by atoms with Gasteiger partial charge in [-0.2, -0.15) is 0 Å². The SMILES string of the molecule is CCOC1CC(NCCc2cc(F)cc(F)c2)C1OC. The minimum absolute atomic E-state index is 0.0548. The predicted molar refractivity (Wildman–Crippen MR) is 72.7 cm³/mol. The summed E-state index contributed by atoms with van der Waals surface area (Å²) in [6, 6.07) is 3.86. The van der Waals surface area contributed by atoms with Gasteiger partial charge in [-0.1, -0.05) is 0 Å². The molecule has 0 amide bonds. The maximum Gasteiger partial charge on any atom is 0.126 e. The van der Waals surface area contributed by atoms with Crippen LogP contribution in [0.2, 0.25) is 0 Å². The zero-order valence-corrected chi connectivity index (χ0v) is 11.9. The largest absolute Gasteiger partial charge is 0.377 e. The van der Waals surface area contributed by atoms with Crippen molar-refractivity contribution in [3.8, 4) is 0 Å². The number of rotatable bonds is 7. The van der Waals surface area contributed by atoms with Gasteiger partial charge < -0.3 is 14.8 Å². The average Bonchev–Trinajstić information content (AvgIpc) is 2.36. The Balaban J connectivity index is 1.76. The lowest BCUT2D eigenvalue weighted by Crippen LogP contribution is -2.60. The Labute approximate surface area is 118 Å². The molecule has 112 valence electrons. The van der Waals surface area contributed by atoms with Crippen LogP contribution < -0.4 is 5.32 Å². The Kier molecular flexibility index (Phi) is 5.46. The molecule has 3 atom stereocenters. The van der Waals surface area contributed by atoms with Crippen LogP contribution in [-0.2, 0) is 15.9 Å². The number of hydrogen-bond acceptors (Lipinski definition) is 3.